The van der Waals surface area contributed by atoms with E-state index in [-0.39, 0.29) is 0 Å². The fourth-order valence-corrected chi connectivity index (χ4v) is 3.20. The van der Waals surface area contributed by atoms with E-state index in [1.165, 1.54) is 6.42 Å². The zero-order valence-electron chi connectivity index (χ0n) is 14.0. The molecule has 2 aromatic rings. The quantitative estimate of drug-likeness (QED) is 0.806. The van der Waals surface area contributed by atoms with Gasteiger partial charge in [-0.05, 0) is 26.2 Å². The van der Waals surface area contributed by atoms with Gasteiger partial charge in [0.15, 0.2) is 5.82 Å². The van der Waals surface area contributed by atoms with Gasteiger partial charge in [-0.1, -0.05) is 11.6 Å². The zero-order valence-corrected chi connectivity index (χ0v) is 14.0. The first-order chi connectivity index (χ1) is 11.8. The fraction of sp³-hybridized carbons (Fsp3) is 0.647. The summed E-state index contributed by atoms with van der Waals surface area (Å²) in [4.78, 5) is 15.6. The van der Waals surface area contributed by atoms with Crippen molar-refractivity contribution in [2.45, 2.75) is 51.0 Å². The number of nitrogens with zero attached hydrogens (tertiary/aromatic N) is 5. The van der Waals surface area contributed by atoms with E-state index in [9.17, 15) is 0 Å². The minimum atomic E-state index is 0.376. The SMILES string of the molecule is CCN(Cc1noc(C2CCC2)n1)c1cc([C@@H]2CCOC2)ncn1. The van der Waals surface area contributed by atoms with Crippen molar-refractivity contribution in [1.82, 2.24) is 20.1 Å². The minimum absolute atomic E-state index is 0.376. The summed E-state index contributed by atoms with van der Waals surface area (Å²) in [6, 6.07) is 2.07. The van der Waals surface area contributed by atoms with E-state index in [1.807, 2.05) is 0 Å². The Morgan fingerprint density at radius 3 is 2.83 bits per heavy atom. The second kappa shape index (κ2) is 6.84. The molecule has 7 nitrogen and oxygen atoms in total. The monoisotopic (exact) mass is 329 g/mol. The molecule has 0 aromatic carbocycles. The zero-order chi connectivity index (χ0) is 16.4. The molecule has 0 N–H and O–H groups in total. The molecule has 1 saturated heterocycles. The molecule has 0 radical (unpaired) electrons. The Morgan fingerprint density at radius 1 is 1.21 bits per heavy atom. The molecule has 1 atom stereocenters. The van der Waals surface area contributed by atoms with Gasteiger partial charge in [-0.2, -0.15) is 4.98 Å². The molecule has 1 saturated carbocycles. The maximum absolute atomic E-state index is 5.47. The molecule has 2 aliphatic rings. The number of rotatable bonds is 6. The molecule has 0 bridgehead atoms. The van der Waals surface area contributed by atoms with Crippen molar-refractivity contribution >= 4 is 5.82 Å². The Labute approximate surface area is 141 Å². The van der Waals surface area contributed by atoms with E-state index in [4.69, 9.17) is 9.26 Å². The predicted octanol–water partition coefficient (Wildman–Crippen LogP) is 2.66. The Morgan fingerprint density at radius 2 is 2.12 bits per heavy atom. The molecular weight excluding hydrogens is 306 g/mol. The third-order valence-electron chi connectivity index (χ3n) is 5.00. The summed E-state index contributed by atoms with van der Waals surface area (Å²) >= 11 is 0. The Balaban J connectivity index is 1.48. The highest BCUT2D eigenvalue weighted by atomic mass is 16.5. The highest BCUT2D eigenvalue weighted by Crippen LogP contribution is 2.35. The van der Waals surface area contributed by atoms with Crippen LogP contribution in [0.25, 0.3) is 0 Å². The molecule has 4 rings (SSSR count). The number of hydrogen-bond donors (Lipinski definition) is 0. The van der Waals surface area contributed by atoms with Crippen molar-refractivity contribution in [2.75, 3.05) is 24.7 Å². The number of aromatic nitrogens is 4. The molecule has 2 aromatic heterocycles. The first-order valence-electron chi connectivity index (χ1n) is 8.80. The second-order valence-corrected chi connectivity index (χ2v) is 6.55. The van der Waals surface area contributed by atoms with Crippen molar-refractivity contribution in [3.05, 3.63) is 29.8 Å². The summed E-state index contributed by atoms with van der Waals surface area (Å²) in [6.07, 6.45) is 6.26. The molecular formula is C17H23N5O2. The van der Waals surface area contributed by atoms with Gasteiger partial charge in [0.05, 0.1) is 18.8 Å². The summed E-state index contributed by atoms with van der Waals surface area (Å²) in [6.45, 7) is 5.09. The Kier molecular flexibility index (Phi) is 4.42. The summed E-state index contributed by atoms with van der Waals surface area (Å²) in [7, 11) is 0. The molecule has 3 heterocycles. The predicted molar refractivity (Wildman–Crippen MR) is 87.8 cm³/mol. The summed E-state index contributed by atoms with van der Waals surface area (Å²) in [5.41, 5.74) is 1.05. The average molecular weight is 329 g/mol. The van der Waals surface area contributed by atoms with Gasteiger partial charge in [0.1, 0.15) is 12.1 Å². The van der Waals surface area contributed by atoms with Crippen LogP contribution in [0.3, 0.4) is 0 Å². The number of anilines is 1. The molecule has 24 heavy (non-hydrogen) atoms. The van der Waals surface area contributed by atoms with Gasteiger partial charge in [0, 0.05) is 31.1 Å². The lowest BCUT2D eigenvalue weighted by atomic mass is 9.85. The third-order valence-corrected chi connectivity index (χ3v) is 5.00. The van der Waals surface area contributed by atoms with E-state index >= 15 is 0 Å². The van der Waals surface area contributed by atoms with Crippen molar-refractivity contribution < 1.29 is 9.26 Å². The van der Waals surface area contributed by atoms with Crippen LogP contribution in [0.4, 0.5) is 5.82 Å². The maximum Gasteiger partial charge on any atom is 0.229 e. The lowest BCUT2D eigenvalue weighted by molar-refractivity contribution is 0.193. The third kappa shape index (κ3) is 3.13. The molecule has 1 aliphatic carbocycles. The first kappa shape index (κ1) is 15.5. The van der Waals surface area contributed by atoms with Crippen LogP contribution in [0.5, 0.6) is 0 Å². The summed E-state index contributed by atoms with van der Waals surface area (Å²) in [5, 5.41) is 4.14. The smallest absolute Gasteiger partial charge is 0.229 e. The van der Waals surface area contributed by atoms with Gasteiger partial charge in [-0.3, -0.25) is 0 Å². The van der Waals surface area contributed by atoms with Crippen LogP contribution in [-0.4, -0.2) is 39.9 Å². The van der Waals surface area contributed by atoms with E-state index in [2.05, 4.69) is 38.0 Å². The number of ether oxygens (including phenoxy) is 1. The molecule has 0 unspecified atom stereocenters. The second-order valence-electron chi connectivity index (χ2n) is 6.55. The highest BCUT2D eigenvalue weighted by molar-refractivity contribution is 5.39. The van der Waals surface area contributed by atoms with Gasteiger partial charge in [0.2, 0.25) is 5.89 Å². The van der Waals surface area contributed by atoms with Crippen LogP contribution in [0, 0.1) is 0 Å². The number of hydrogen-bond acceptors (Lipinski definition) is 7. The topological polar surface area (TPSA) is 77.2 Å². The fourth-order valence-electron chi connectivity index (χ4n) is 3.20. The van der Waals surface area contributed by atoms with Crippen LogP contribution in [-0.2, 0) is 11.3 Å². The molecule has 2 fully saturated rings. The first-order valence-corrected chi connectivity index (χ1v) is 8.80. The van der Waals surface area contributed by atoms with E-state index in [0.29, 0.717) is 18.4 Å². The van der Waals surface area contributed by atoms with Gasteiger partial charge < -0.3 is 14.2 Å². The lowest BCUT2D eigenvalue weighted by Crippen LogP contribution is -2.24. The maximum atomic E-state index is 5.47. The van der Waals surface area contributed by atoms with E-state index in [0.717, 1.165) is 62.2 Å². The van der Waals surface area contributed by atoms with Crippen molar-refractivity contribution in [3.63, 3.8) is 0 Å². The standard InChI is InChI=1S/C17H23N5O2/c1-2-22(9-15-20-17(24-21-15)12-4-3-5-12)16-8-14(18-11-19-16)13-6-7-23-10-13/h8,11-13H,2-7,9-10H2,1H3/t13-/m1/s1. The van der Waals surface area contributed by atoms with Crippen molar-refractivity contribution in [3.8, 4) is 0 Å². The van der Waals surface area contributed by atoms with Crippen LogP contribution < -0.4 is 4.90 Å². The van der Waals surface area contributed by atoms with Crippen LogP contribution >= 0.6 is 0 Å². The van der Waals surface area contributed by atoms with Crippen LogP contribution in [0.1, 0.15) is 61.9 Å². The van der Waals surface area contributed by atoms with Gasteiger partial charge in [-0.25, -0.2) is 9.97 Å². The minimum Gasteiger partial charge on any atom is -0.381 e. The molecule has 7 heteroatoms. The molecule has 1 aliphatic heterocycles. The van der Waals surface area contributed by atoms with Gasteiger partial charge in [0.25, 0.3) is 0 Å². The summed E-state index contributed by atoms with van der Waals surface area (Å²) < 4.78 is 10.9. The van der Waals surface area contributed by atoms with Gasteiger partial charge >= 0.3 is 0 Å². The molecule has 0 spiro atoms. The molecule has 0 amide bonds. The molecule has 128 valence electrons. The largest absolute Gasteiger partial charge is 0.381 e. The van der Waals surface area contributed by atoms with E-state index in [1.54, 1.807) is 6.33 Å². The Bertz CT molecular complexity index is 679. The Hall–Kier alpha value is -2.02. The van der Waals surface area contributed by atoms with Crippen molar-refractivity contribution in [1.29, 1.82) is 0 Å². The van der Waals surface area contributed by atoms with Crippen LogP contribution in [0.2, 0.25) is 0 Å². The van der Waals surface area contributed by atoms with Crippen LogP contribution in [0.15, 0.2) is 16.9 Å². The normalized spacial score (nSPS) is 21.0. The average Bonchev–Trinajstić information content (AvgIpc) is 3.23. The lowest BCUT2D eigenvalue weighted by Gasteiger charge is -2.21. The van der Waals surface area contributed by atoms with Gasteiger partial charge in [-0.15, -0.1) is 0 Å². The van der Waals surface area contributed by atoms with Crippen molar-refractivity contribution in [2.24, 2.45) is 0 Å². The summed E-state index contributed by atoms with van der Waals surface area (Å²) in [5.74, 6) is 3.27. The van der Waals surface area contributed by atoms with E-state index < -0.39 is 0 Å². The highest BCUT2D eigenvalue weighted by Gasteiger charge is 2.26.